The van der Waals surface area contributed by atoms with Crippen LogP contribution in [0.25, 0.3) is 5.69 Å². The van der Waals surface area contributed by atoms with Gasteiger partial charge >= 0.3 is 0 Å². The van der Waals surface area contributed by atoms with E-state index < -0.39 is 9.84 Å². The molecule has 0 aliphatic heterocycles. The summed E-state index contributed by atoms with van der Waals surface area (Å²) < 4.78 is 24.1. The lowest BCUT2D eigenvalue weighted by Crippen LogP contribution is -2.03. The molecule has 0 atom stereocenters. The van der Waals surface area contributed by atoms with Crippen molar-refractivity contribution in [2.75, 3.05) is 12.0 Å². The number of benzene rings is 1. The van der Waals surface area contributed by atoms with E-state index >= 15 is 0 Å². The van der Waals surface area contributed by atoms with Crippen molar-refractivity contribution < 1.29 is 8.42 Å². The third kappa shape index (κ3) is 2.30. The summed E-state index contributed by atoms with van der Waals surface area (Å²) in [7, 11) is -3.23. The molecule has 1 heterocycles. The third-order valence-electron chi connectivity index (χ3n) is 2.72. The van der Waals surface area contributed by atoms with Crippen LogP contribution in [0.1, 0.15) is 11.3 Å². The lowest BCUT2D eigenvalue weighted by molar-refractivity contribution is 0.602. The van der Waals surface area contributed by atoms with E-state index in [1.165, 1.54) is 16.8 Å². The first-order valence-electron chi connectivity index (χ1n) is 5.40. The number of hydrogen-bond donors (Lipinski definition) is 1. The van der Waals surface area contributed by atoms with Gasteiger partial charge in [0.05, 0.1) is 16.3 Å². The van der Waals surface area contributed by atoms with Crippen LogP contribution in [0.2, 0.25) is 0 Å². The molecule has 1 aromatic carbocycles. The molecule has 0 unspecified atom stereocenters. The maximum atomic E-state index is 11.4. The van der Waals surface area contributed by atoms with Crippen molar-refractivity contribution in [3.63, 3.8) is 0 Å². The van der Waals surface area contributed by atoms with Gasteiger partial charge in [0.25, 0.3) is 0 Å². The minimum absolute atomic E-state index is 0.221. The van der Waals surface area contributed by atoms with Crippen LogP contribution in [-0.4, -0.2) is 24.5 Å². The monoisotopic (exact) mass is 276 g/mol. The smallest absolute Gasteiger partial charge is 0.175 e. The Kier molecular flexibility index (Phi) is 3.04. The molecule has 0 aliphatic carbocycles. The number of sulfone groups is 1. The largest absolute Gasteiger partial charge is 0.382 e. The van der Waals surface area contributed by atoms with Gasteiger partial charge in [-0.15, -0.1) is 0 Å². The fourth-order valence-electron chi connectivity index (χ4n) is 1.71. The number of aryl methyl sites for hydroxylation is 1. The Balaban J connectivity index is 2.53. The number of hydrogen-bond acceptors (Lipinski definition) is 5. The molecule has 2 aromatic rings. The Hall–Kier alpha value is -2.33. The van der Waals surface area contributed by atoms with Gasteiger partial charge in [0, 0.05) is 6.26 Å². The number of aromatic nitrogens is 2. The molecule has 0 aliphatic rings. The van der Waals surface area contributed by atoms with Crippen LogP contribution in [0, 0.1) is 18.3 Å². The minimum atomic E-state index is -3.23. The zero-order valence-corrected chi connectivity index (χ0v) is 11.3. The van der Waals surface area contributed by atoms with Gasteiger partial charge in [-0.1, -0.05) is 0 Å². The van der Waals surface area contributed by atoms with Crippen LogP contribution < -0.4 is 5.73 Å². The van der Waals surface area contributed by atoms with E-state index in [2.05, 4.69) is 5.10 Å². The second kappa shape index (κ2) is 4.40. The molecule has 6 nitrogen and oxygen atoms in total. The Bertz CT molecular complexity index is 767. The van der Waals surface area contributed by atoms with Crippen LogP contribution in [0.4, 0.5) is 5.82 Å². The average molecular weight is 276 g/mol. The quantitative estimate of drug-likeness (QED) is 0.882. The highest BCUT2D eigenvalue weighted by Gasteiger charge is 2.14. The first-order valence-corrected chi connectivity index (χ1v) is 7.29. The maximum absolute atomic E-state index is 11.4. The van der Waals surface area contributed by atoms with Gasteiger partial charge in [0.2, 0.25) is 0 Å². The van der Waals surface area contributed by atoms with Gasteiger partial charge in [-0.05, 0) is 31.2 Å². The highest BCUT2D eigenvalue weighted by molar-refractivity contribution is 7.90. The number of rotatable bonds is 2. The minimum Gasteiger partial charge on any atom is -0.382 e. The number of nitrogens with zero attached hydrogens (tertiary/aromatic N) is 3. The van der Waals surface area contributed by atoms with E-state index in [0.717, 1.165) is 6.26 Å². The molecule has 19 heavy (non-hydrogen) atoms. The zero-order valence-electron chi connectivity index (χ0n) is 10.5. The molecule has 98 valence electrons. The number of nitrogen functional groups attached to an aromatic ring is 1. The summed E-state index contributed by atoms with van der Waals surface area (Å²) in [5.41, 5.74) is 7.30. The fraction of sp³-hybridized carbons (Fsp3) is 0.167. The maximum Gasteiger partial charge on any atom is 0.175 e. The van der Waals surface area contributed by atoms with Crippen molar-refractivity contribution in [2.45, 2.75) is 11.8 Å². The third-order valence-corrected chi connectivity index (χ3v) is 3.85. The van der Waals surface area contributed by atoms with E-state index in [1.807, 2.05) is 6.07 Å². The van der Waals surface area contributed by atoms with Crippen molar-refractivity contribution in [2.24, 2.45) is 0 Å². The SMILES string of the molecule is Cc1nn(-c2ccc(S(C)(=O)=O)cc2)c(N)c1C#N. The van der Waals surface area contributed by atoms with E-state index in [-0.39, 0.29) is 10.7 Å². The van der Waals surface area contributed by atoms with Gasteiger partial charge in [-0.2, -0.15) is 10.4 Å². The molecule has 0 saturated heterocycles. The molecular formula is C12H12N4O2S. The van der Waals surface area contributed by atoms with Crippen LogP contribution in [-0.2, 0) is 9.84 Å². The van der Waals surface area contributed by atoms with Crippen LogP contribution in [0.15, 0.2) is 29.2 Å². The molecule has 0 radical (unpaired) electrons. The standard InChI is InChI=1S/C12H12N4O2S/c1-8-11(7-13)12(14)16(15-8)9-3-5-10(6-4-9)19(2,17)18/h3-6H,14H2,1-2H3. The highest BCUT2D eigenvalue weighted by Crippen LogP contribution is 2.21. The summed E-state index contributed by atoms with van der Waals surface area (Å²) >= 11 is 0. The van der Waals surface area contributed by atoms with Gasteiger partial charge in [0.15, 0.2) is 9.84 Å². The number of nitrogens with two attached hydrogens (primary N) is 1. The zero-order chi connectivity index (χ0) is 14.2. The van der Waals surface area contributed by atoms with Gasteiger partial charge in [0.1, 0.15) is 17.5 Å². The fourth-order valence-corrected chi connectivity index (χ4v) is 2.35. The molecule has 0 bridgehead atoms. The van der Waals surface area contributed by atoms with Crippen molar-refractivity contribution in [3.8, 4) is 11.8 Å². The Labute approximate surface area is 111 Å². The van der Waals surface area contributed by atoms with Crippen molar-refractivity contribution >= 4 is 15.7 Å². The molecule has 7 heteroatoms. The average Bonchev–Trinajstić information content (AvgIpc) is 2.63. The highest BCUT2D eigenvalue weighted by atomic mass is 32.2. The van der Waals surface area contributed by atoms with Crippen molar-refractivity contribution in [1.29, 1.82) is 5.26 Å². The van der Waals surface area contributed by atoms with E-state index in [4.69, 9.17) is 11.0 Å². The summed E-state index contributed by atoms with van der Waals surface area (Å²) in [4.78, 5) is 0.221. The normalized spacial score (nSPS) is 11.2. The first-order chi connectivity index (χ1) is 8.84. The van der Waals surface area contributed by atoms with Gasteiger partial charge in [-0.3, -0.25) is 0 Å². The summed E-state index contributed by atoms with van der Waals surface area (Å²) in [6, 6.07) is 8.14. The summed E-state index contributed by atoms with van der Waals surface area (Å²) in [5, 5.41) is 13.1. The summed E-state index contributed by atoms with van der Waals surface area (Å²) in [6.45, 7) is 1.69. The Morgan fingerprint density at radius 3 is 2.32 bits per heavy atom. The lowest BCUT2D eigenvalue weighted by Gasteiger charge is -2.05. The second-order valence-electron chi connectivity index (χ2n) is 4.14. The van der Waals surface area contributed by atoms with Crippen molar-refractivity contribution in [1.82, 2.24) is 9.78 Å². The van der Waals surface area contributed by atoms with Gasteiger partial charge in [-0.25, -0.2) is 13.1 Å². The molecule has 0 saturated carbocycles. The first kappa shape index (κ1) is 13.1. The number of anilines is 1. The summed E-state index contributed by atoms with van der Waals surface area (Å²) in [6.07, 6.45) is 1.14. The Morgan fingerprint density at radius 2 is 1.89 bits per heavy atom. The summed E-state index contributed by atoms with van der Waals surface area (Å²) in [5.74, 6) is 0.243. The van der Waals surface area contributed by atoms with Gasteiger partial charge < -0.3 is 5.73 Å². The molecule has 0 amide bonds. The topological polar surface area (TPSA) is 102 Å². The molecule has 0 spiro atoms. The number of nitriles is 1. The molecule has 0 fully saturated rings. The second-order valence-corrected chi connectivity index (χ2v) is 6.15. The molecular weight excluding hydrogens is 264 g/mol. The lowest BCUT2D eigenvalue weighted by atomic mass is 10.2. The predicted octanol–water partition coefficient (Wildman–Crippen LogP) is 1.04. The van der Waals surface area contributed by atoms with Crippen LogP contribution in [0.3, 0.4) is 0 Å². The molecule has 1 aromatic heterocycles. The van der Waals surface area contributed by atoms with E-state index in [0.29, 0.717) is 16.9 Å². The Morgan fingerprint density at radius 1 is 1.32 bits per heavy atom. The van der Waals surface area contributed by atoms with E-state index in [9.17, 15) is 8.42 Å². The van der Waals surface area contributed by atoms with Crippen LogP contribution in [0.5, 0.6) is 0 Å². The molecule has 2 rings (SSSR count). The molecule has 2 N–H and O–H groups in total. The van der Waals surface area contributed by atoms with E-state index in [1.54, 1.807) is 19.1 Å². The van der Waals surface area contributed by atoms with Crippen LogP contribution >= 0.6 is 0 Å². The van der Waals surface area contributed by atoms with Crippen molar-refractivity contribution in [3.05, 3.63) is 35.5 Å². The predicted molar refractivity (Wildman–Crippen MR) is 70.5 cm³/mol.